The Hall–Kier alpha value is -0.665. The zero-order valence-electron chi connectivity index (χ0n) is 6.85. The highest BCUT2D eigenvalue weighted by Crippen LogP contribution is 2.31. The van der Waals surface area contributed by atoms with E-state index >= 15 is 0 Å². The Bertz CT molecular complexity index is 229. The summed E-state index contributed by atoms with van der Waals surface area (Å²) in [6.45, 7) is 0.432. The molecule has 0 bridgehead atoms. The first-order valence-electron chi connectivity index (χ1n) is 3.25. The number of allylic oxidation sites excluding steroid dienone is 1. The lowest BCUT2D eigenvalue weighted by Gasteiger charge is -2.16. The molecule has 0 aromatic carbocycles. The predicted octanol–water partition coefficient (Wildman–Crippen LogP) is 1.07. The predicted molar refractivity (Wildman–Crippen MR) is 36.0 cm³/mol. The summed E-state index contributed by atoms with van der Waals surface area (Å²) in [6, 6.07) is 0. The maximum absolute atomic E-state index is 12.5. The van der Waals surface area contributed by atoms with Crippen LogP contribution in [0.4, 0.5) is 22.0 Å². The van der Waals surface area contributed by atoms with E-state index in [2.05, 4.69) is 4.65 Å². The molecule has 0 aromatic heterocycles. The van der Waals surface area contributed by atoms with Crippen molar-refractivity contribution in [2.45, 2.75) is 19.5 Å². The van der Waals surface area contributed by atoms with Crippen molar-refractivity contribution < 1.29 is 36.7 Å². The molecular weight excluding hydrogens is 214 g/mol. The minimum atomic E-state index is -4.78. The van der Waals surface area contributed by atoms with Gasteiger partial charge in [-0.1, -0.05) is 0 Å². The molecule has 0 aliphatic heterocycles. The SMILES string of the molecule is CC(=C(F)C(F)(F)OB(O)O)C(F)F. The van der Waals surface area contributed by atoms with Crippen molar-refractivity contribution in [3.63, 3.8) is 0 Å². The Balaban J connectivity index is 4.81. The summed E-state index contributed by atoms with van der Waals surface area (Å²) in [5, 5.41) is 15.9. The first-order valence-corrected chi connectivity index (χ1v) is 3.25. The van der Waals surface area contributed by atoms with E-state index in [-0.39, 0.29) is 0 Å². The Morgan fingerprint density at radius 1 is 1.36 bits per heavy atom. The second-order valence-electron chi connectivity index (χ2n) is 2.26. The van der Waals surface area contributed by atoms with Crippen LogP contribution >= 0.6 is 0 Å². The van der Waals surface area contributed by atoms with Crippen LogP contribution in [0.5, 0.6) is 0 Å². The molecule has 0 saturated heterocycles. The van der Waals surface area contributed by atoms with Gasteiger partial charge in [-0.05, 0) is 6.92 Å². The molecule has 0 amide bonds. The number of hydrogen-bond donors (Lipinski definition) is 2. The van der Waals surface area contributed by atoms with Crippen molar-refractivity contribution in [1.82, 2.24) is 0 Å². The Morgan fingerprint density at radius 2 is 1.79 bits per heavy atom. The normalized spacial score (nSPS) is 14.4. The van der Waals surface area contributed by atoms with E-state index in [0.29, 0.717) is 6.92 Å². The summed E-state index contributed by atoms with van der Waals surface area (Å²) in [4.78, 5) is 0. The maximum atomic E-state index is 12.5. The summed E-state index contributed by atoms with van der Waals surface area (Å²) < 4.78 is 63.7. The fourth-order valence-corrected chi connectivity index (χ4v) is 0.509. The third-order valence-electron chi connectivity index (χ3n) is 1.18. The van der Waals surface area contributed by atoms with Crippen LogP contribution < -0.4 is 0 Å². The Labute approximate surface area is 76.0 Å². The highest BCUT2D eigenvalue weighted by molar-refractivity contribution is 6.32. The van der Waals surface area contributed by atoms with Crippen molar-refractivity contribution in [1.29, 1.82) is 0 Å². The summed E-state index contributed by atoms with van der Waals surface area (Å²) >= 11 is 0. The molecule has 0 saturated carbocycles. The van der Waals surface area contributed by atoms with Crippen LogP contribution in [-0.4, -0.2) is 29.9 Å². The van der Waals surface area contributed by atoms with Gasteiger partial charge in [0.05, 0.1) is 0 Å². The van der Waals surface area contributed by atoms with E-state index in [1.807, 2.05) is 0 Å². The molecule has 0 aromatic rings. The molecule has 0 fully saturated rings. The summed E-state index contributed by atoms with van der Waals surface area (Å²) in [6.07, 6.45) is -8.20. The molecule has 0 spiro atoms. The molecule has 0 radical (unpaired) electrons. The van der Waals surface area contributed by atoms with Crippen molar-refractivity contribution in [3.8, 4) is 0 Å². The fourth-order valence-electron chi connectivity index (χ4n) is 0.509. The number of hydrogen-bond acceptors (Lipinski definition) is 3. The van der Waals surface area contributed by atoms with Crippen LogP contribution in [0.15, 0.2) is 11.4 Å². The highest BCUT2D eigenvalue weighted by atomic mass is 19.3. The molecule has 3 nitrogen and oxygen atoms in total. The van der Waals surface area contributed by atoms with Crippen molar-refractivity contribution in [2.24, 2.45) is 0 Å². The van der Waals surface area contributed by atoms with Crippen LogP contribution in [0.1, 0.15) is 6.92 Å². The smallest absolute Gasteiger partial charge is 0.402 e. The third kappa shape index (κ3) is 3.60. The minimum absolute atomic E-state index is 0.432. The lowest BCUT2D eigenvalue weighted by molar-refractivity contribution is -0.178. The van der Waals surface area contributed by atoms with Crippen LogP contribution in [-0.2, 0) is 4.65 Å². The quantitative estimate of drug-likeness (QED) is 0.550. The minimum Gasteiger partial charge on any atom is -0.402 e. The van der Waals surface area contributed by atoms with Gasteiger partial charge in [-0.2, -0.15) is 8.78 Å². The molecule has 14 heavy (non-hydrogen) atoms. The van der Waals surface area contributed by atoms with E-state index in [1.165, 1.54) is 0 Å². The molecule has 9 heteroatoms. The van der Waals surface area contributed by atoms with Crippen LogP contribution in [0.25, 0.3) is 0 Å². The fraction of sp³-hybridized carbons (Fsp3) is 0.600. The summed E-state index contributed by atoms with van der Waals surface area (Å²) in [5.74, 6) is -2.54. The van der Waals surface area contributed by atoms with Gasteiger partial charge in [0.1, 0.15) is 0 Å². The van der Waals surface area contributed by atoms with Gasteiger partial charge in [-0.25, -0.2) is 13.2 Å². The molecule has 0 heterocycles. The van der Waals surface area contributed by atoms with Gasteiger partial charge in [0.2, 0.25) is 5.83 Å². The van der Waals surface area contributed by atoms with Crippen molar-refractivity contribution in [2.75, 3.05) is 0 Å². The molecule has 0 rings (SSSR count). The van der Waals surface area contributed by atoms with Crippen molar-refractivity contribution >= 4 is 7.32 Å². The Morgan fingerprint density at radius 3 is 2.07 bits per heavy atom. The van der Waals surface area contributed by atoms with E-state index in [9.17, 15) is 22.0 Å². The average Bonchev–Trinajstić information content (AvgIpc) is 1.99. The van der Waals surface area contributed by atoms with Crippen LogP contribution in [0, 0.1) is 0 Å². The van der Waals surface area contributed by atoms with E-state index < -0.39 is 31.3 Å². The van der Waals surface area contributed by atoms with E-state index in [4.69, 9.17) is 10.0 Å². The maximum Gasteiger partial charge on any atom is 0.638 e. The lowest BCUT2D eigenvalue weighted by atomic mass is 10.2. The third-order valence-corrected chi connectivity index (χ3v) is 1.18. The molecular formula is C5H6BF5O3. The second-order valence-corrected chi connectivity index (χ2v) is 2.26. The zero-order valence-corrected chi connectivity index (χ0v) is 6.85. The van der Waals surface area contributed by atoms with E-state index in [0.717, 1.165) is 0 Å². The van der Waals surface area contributed by atoms with Gasteiger partial charge in [0.15, 0.2) is 0 Å². The molecule has 0 atom stereocenters. The monoisotopic (exact) mass is 220 g/mol. The van der Waals surface area contributed by atoms with Gasteiger partial charge in [-0.15, -0.1) is 0 Å². The first kappa shape index (κ1) is 13.3. The summed E-state index contributed by atoms with van der Waals surface area (Å²) in [5.41, 5.74) is -1.53. The molecule has 0 aliphatic carbocycles. The first-order chi connectivity index (χ1) is 6.18. The lowest BCUT2D eigenvalue weighted by Crippen LogP contribution is -2.32. The molecule has 0 aliphatic rings. The van der Waals surface area contributed by atoms with Crippen LogP contribution in [0.2, 0.25) is 0 Å². The van der Waals surface area contributed by atoms with Crippen LogP contribution in [0.3, 0.4) is 0 Å². The van der Waals surface area contributed by atoms with Gasteiger partial charge in [0, 0.05) is 5.57 Å². The zero-order chi connectivity index (χ0) is 11.5. The Kier molecular flexibility index (Phi) is 4.49. The molecule has 0 unspecified atom stereocenters. The second kappa shape index (κ2) is 4.71. The summed E-state index contributed by atoms with van der Waals surface area (Å²) in [7, 11) is -2.96. The standard InChI is InChI=1S/C5H6BF5O3/c1-2(4(8)9)3(7)5(10,11)14-6(12)13/h4,12-13H,1H3. The largest absolute Gasteiger partial charge is 0.638 e. The van der Waals surface area contributed by atoms with Crippen molar-refractivity contribution in [3.05, 3.63) is 11.4 Å². The van der Waals surface area contributed by atoms with Gasteiger partial charge >= 0.3 is 13.4 Å². The topological polar surface area (TPSA) is 49.7 Å². The number of halogens is 5. The van der Waals surface area contributed by atoms with Gasteiger partial charge < -0.3 is 14.7 Å². The van der Waals surface area contributed by atoms with Gasteiger partial charge in [0.25, 0.3) is 6.43 Å². The average molecular weight is 220 g/mol. The molecule has 82 valence electrons. The number of rotatable bonds is 4. The van der Waals surface area contributed by atoms with Gasteiger partial charge in [-0.3, -0.25) is 0 Å². The van der Waals surface area contributed by atoms with E-state index in [1.54, 1.807) is 0 Å². The highest BCUT2D eigenvalue weighted by Gasteiger charge is 2.43. The molecule has 2 N–H and O–H groups in total. The number of alkyl halides is 4.